The van der Waals surface area contributed by atoms with Crippen molar-refractivity contribution in [1.82, 2.24) is 0 Å². The largest absolute Gasteiger partial charge is 0.494 e. The van der Waals surface area contributed by atoms with E-state index in [0.717, 1.165) is 0 Å². The predicted octanol–water partition coefficient (Wildman–Crippen LogP) is 4.87. The number of hydrogen-bond donors (Lipinski definition) is 0. The Morgan fingerprint density at radius 1 is 1.35 bits per heavy atom. The zero-order chi connectivity index (χ0) is 14.7. The Morgan fingerprint density at radius 2 is 2.10 bits per heavy atom. The van der Waals surface area contributed by atoms with Gasteiger partial charge in [0, 0.05) is 10.0 Å². The van der Waals surface area contributed by atoms with Gasteiger partial charge in [-0.1, -0.05) is 23.7 Å². The van der Waals surface area contributed by atoms with Crippen LogP contribution in [0.2, 0.25) is 5.02 Å². The van der Waals surface area contributed by atoms with Crippen molar-refractivity contribution in [2.45, 2.75) is 6.92 Å². The average Bonchev–Trinajstić information content (AvgIpc) is 2.45. The van der Waals surface area contributed by atoms with E-state index in [-0.39, 0.29) is 10.6 Å². The molecule has 0 bridgehead atoms. The van der Waals surface area contributed by atoms with Crippen LogP contribution >= 0.6 is 27.5 Å². The number of halogens is 3. The van der Waals surface area contributed by atoms with Gasteiger partial charge in [-0.15, -0.1) is 0 Å². The second-order valence-corrected chi connectivity index (χ2v) is 5.25. The molecule has 2 aromatic carbocycles. The number of hydrogen-bond acceptors (Lipinski definition) is 2. The van der Waals surface area contributed by atoms with E-state index in [1.54, 1.807) is 30.3 Å². The summed E-state index contributed by atoms with van der Waals surface area (Å²) in [7, 11) is 0. The van der Waals surface area contributed by atoms with E-state index in [0.29, 0.717) is 22.4 Å². The second-order valence-electron chi connectivity index (χ2n) is 4.01. The molecule has 0 fully saturated rings. The van der Waals surface area contributed by atoms with E-state index in [9.17, 15) is 9.18 Å². The Balaban J connectivity index is 2.41. The van der Waals surface area contributed by atoms with Crippen LogP contribution in [0.25, 0.3) is 0 Å². The Kier molecular flexibility index (Phi) is 4.78. The zero-order valence-electron chi connectivity index (χ0n) is 10.6. The molecule has 2 nitrogen and oxygen atoms in total. The molecule has 104 valence electrons. The lowest BCUT2D eigenvalue weighted by molar-refractivity contribution is 0.103. The summed E-state index contributed by atoms with van der Waals surface area (Å²) >= 11 is 8.91. The number of benzene rings is 2. The van der Waals surface area contributed by atoms with Crippen molar-refractivity contribution in [2.24, 2.45) is 0 Å². The molecule has 5 heteroatoms. The first-order valence-electron chi connectivity index (χ1n) is 5.95. The normalized spacial score (nSPS) is 10.4. The van der Waals surface area contributed by atoms with Crippen LogP contribution in [0, 0.1) is 5.82 Å². The van der Waals surface area contributed by atoms with Crippen molar-refractivity contribution in [2.75, 3.05) is 6.61 Å². The van der Waals surface area contributed by atoms with Crippen molar-refractivity contribution in [3.63, 3.8) is 0 Å². The molecule has 0 radical (unpaired) electrons. The summed E-state index contributed by atoms with van der Waals surface area (Å²) in [6.07, 6.45) is 0. The van der Waals surface area contributed by atoms with E-state index in [1.165, 1.54) is 6.07 Å². The summed E-state index contributed by atoms with van der Waals surface area (Å²) in [5.74, 6) is -0.590. The number of ether oxygens (including phenoxy) is 1. The minimum atomic E-state index is -0.729. The molecule has 2 rings (SSSR count). The molecule has 0 atom stereocenters. The van der Waals surface area contributed by atoms with Gasteiger partial charge >= 0.3 is 0 Å². The van der Waals surface area contributed by atoms with E-state index in [1.807, 2.05) is 6.92 Å². The molecule has 0 saturated carbocycles. The first-order valence-corrected chi connectivity index (χ1v) is 7.12. The van der Waals surface area contributed by atoms with Gasteiger partial charge in [0.05, 0.1) is 17.2 Å². The van der Waals surface area contributed by atoms with Crippen molar-refractivity contribution in [1.29, 1.82) is 0 Å². The molecule has 0 amide bonds. The van der Waals surface area contributed by atoms with Gasteiger partial charge in [0.25, 0.3) is 0 Å². The third-order valence-electron chi connectivity index (χ3n) is 2.69. The van der Waals surface area contributed by atoms with Gasteiger partial charge in [-0.3, -0.25) is 4.79 Å². The highest BCUT2D eigenvalue weighted by molar-refractivity contribution is 9.10. The summed E-state index contributed by atoms with van der Waals surface area (Å²) in [6.45, 7) is 2.35. The molecule has 0 N–H and O–H groups in total. The van der Waals surface area contributed by atoms with E-state index in [2.05, 4.69) is 15.9 Å². The van der Waals surface area contributed by atoms with Crippen LogP contribution in [0.5, 0.6) is 5.75 Å². The lowest BCUT2D eigenvalue weighted by atomic mass is 10.0. The molecule has 0 saturated heterocycles. The standard InChI is InChI=1S/C15H11BrClFO2/c1-2-20-10-5-3-4-9(8-10)15(19)11-6-7-12(16)13(17)14(11)18/h3-8H,2H2,1H3. The maximum atomic E-state index is 14.0. The summed E-state index contributed by atoms with van der Waals surface area (Å²) in [5.41, 5.74) is 0.292. The van der Waals surface area contributed by atoms with Crippen LogP contribution in [0.15, 0.2) is 40.9 Å². The SMILES string of the molecule is CCOc1cccc(C(=O)c2ccc(Br)c(Cl)c2F)c1. The molecule has 0 aliphatic carbocycles. The Bertz CT molecular complexity index is 658. The fraction of sp³-hybridized carbons (Fsp3) is 0.133. The summed E-state index contributed by atoms with van der Waals surface area (Å²) in [5, 5.41) is -0.100. The molecule has 2 aromatic rings. The molecular weight excluding hydrogens is 347 g/mol. The molecular formula is C15H11BrClFO2. The van der Waals surface area contributed by atoms with Crippen molar-refractivity contribution in [3.05, 3.63) is 62.8 Å². The lowest BCUT2D eigenvalue weighted by Crippen LogP contribution is -2.05. The molecule has 20 heavy (non-hydrogen) atoms. The van der Waals surface area contributed by atoms with Crippen LogP contribution in [0.1, 0.15) is 22.8 Å². The van der Waals surface area contributed by atoms with Crippen LogP contribution in [0.4, 0.5) is 4.39 Å². The van der Waals surface area contributed by atoms with Gasteiger partial charge in [0.1, 0.15) is 5.75 Å². The van der Waals surface area contributed by atoms with Crippen molar-refractivity contribution in [3.8, 4) is 5.75 Å². The van der Waals surface area contributed by atoms with E-state index >= 15 is 0 Å². The molecule has 0 heterocycles. The van der Waals surface area contributed by atoms with Gasteiger partial charge in [-0.05, 0) is 47.1 Å². The first kappa shape index (κ1) is 15.0. The number of carbonyl (C=O) groups is 1. The molecule has 0 unspecified atom stereocenters. The van der Waals surface area contributed by atoms with E-state index < -0.39 is 11.6 Å². The Labute approximate surface area is 129 Å². The van der Waals surface area contributed by atoms with Crippen LogP contribution in [-0.4, -0.2) is 12.4 Å². The van der Waals surface area contributed by atoms with E-state index in [4.69, 9.17) is 16.3 Å². The maximum Gasteiger partial charge on any atom is 0.196 e. The van der Waals surface area contributed by atoms with Crippen molar-refractivity contribution < 1.29 is 13.9 Å². The Hall–Kier alpha value is -1.39. The van der Waals surface area contributed by atoms with Crippen molar-refractivity contribution >= 4 is 33.3 Å². The monoisotopic (exact) mass is 356 g/mol. The van der Waals surface area contributed by atoms with Gasteiger partial charge in [0.2, 0.25) is 0 Å². The maximum absolute atomic E-state index is 14.0. The predicted molar refractivity (Wildman–Crippen MR) is 80.2 cm³/mol. The highest BCUT2D eigenvalue weighted by atomic mass is 79.9. The quantitative estimate of drug-likeness (QED) is 0.576. The summed E-state index contributed by atoms with van der Waals surface area (Å²) in [4.78, 5) is 12.3. The smallest absolute Gasteiger partial charge is 0.196 e. The minimum Gasteiger partial charge on any atom is -0.494 e. The summed E-state index contributed by atoms with van der Waals surface area (Å²) in [6, 6.07) is 9.58. The summed E-state index contributed by atoms with van der Waals surface area (Å²) < 4.78 is 19.8. The van der Waals surface area contributed by atoms with Crippen LogP contribution in [0.3, 0.4) is 0 Å². The fourth-order valence-corrected chi connectivity index (χ4v) is 2.22. The Morgan fingerprint density at radius 3 is 2.80 bits per heavy atom. The molecule has 0 aromatic heterocycles. The number of ketones is 1. The van der Waals surface area contributed by atoms with Gasteiger partial charge < -0.3 is 4.74 Å². The third kappa shape index (κ3) is 3.02. The molecule has 0 spiro atoms. The second kappa shape index (κ2) is 6.37. The topological polar surface area (TPSA) is 26.3 Å². The van der Waals surface area contributed by atoms with Gasteiger partial charge in [0.15, 0.2) is 11.6 Å². The zero-order valence-corrected chi connectivity index (χ0v) is 13.0. The lowest BCUT2D eigenvalue weighted by Gasteiger charge is -2.07. The third-order valence-corrected chi connectivity index (χ3v) is 3.95. The van der Waals surface area contributed by atoms with Gasteiger partial charge in [-0.25, -0.2) is 4.39 Å². The number of carbonyl (C=O) groups excluding carboxylic acids is 1. The molecule has 0 aliphatic heterocycles. The first-order chi connectivity index (χ1) is 9.54. The number of rotatable bonds is 4. The molecule has 0 aliphatic rings. The highest BCUT2D eigenvalue weighted by Gasteiger charge is 2.18. The highest BCUT2D eigenvalue weighted by Crippen LogP contribution is 2.29. The van der Waals surface area contributed by atoms with Gasteiger partial charge in [-0.2, -0.15) is 0 Å². The minimum absolute atomic E-state index is 0.0631. The van der Waals surface area contributed by atoms with Crippen LogP contribution < -0.4 is 4.74 Å². The van der Waals surface area contributed by atoms with Crippen LogP contribution in [-0.2, 0) is 0 Å². The average molecular weight is 358 g/mol. The fourth-order valence-electron chi connectivity index (χ4n) is 1.75.